The number of benzene rings is 2. The van der Waals surface area contributed by atoms with E-state index in [0.29, 0.717) is 0 Å². The van der Waals surface area contributed by atoms with Crippen LogP contribution in [-0.2, 0) is 0 Å². The van der Waals surface area contributed by atoms with Crippen molar-refractivity contribution >= 4 is 128 Å². The summed E-state index contributed by atoms with van der Waals surface area (Å²) in [6.45, 7) is 0. The molecule has 32 heavy (non-hydrogen) atoms. The minimum Gasteiger partial charge on any atom is -0.105 e. The summed E-state index contributed by atoms with van der Waals surface area (Å²) in [4.78, 5) is 0. The first-order valence-corrected chi connectivity index (χ1v) is 16.6. The van der Waals surface area contributed by atoms with Gasteiger partial charge in [0.1, 0.15) is 6.28 Å². The minimum atomic E-state index is 1.00. The van der Waals surface area contributed by atoms with Crippen LogP contribution in [-0.4, -0.2) is 0 Å². The molecular formula is C22H10S10. The topological polar surface area (TPSA) is 0 Å². The van der Waals surface area contributed by atoms with Crippen LogP contribution in [0.1, 0.15) is 11.1 Å². The van der Waals surface area contributed by atoms with Crippen molar-refractivity contribution in [2.75, 3.05) is 0 Å². The van der Waals surface area contributed by atoms with Gasteiger partial charge in [0.15, 0.2) is 0 Å². The molecule has 2 aliphatic heterocycles. The fraction of sp³-hybridized carbons (Fsp3) is 0. The molecule has 2 aromatic heterocycles. The summed E-state index contributed by atoms with van der Waals surface area (Å²) in [5, 5.41) is 0. The minimum absolute atomic E-state index is 1.00. The van der Waals surface area contributed by atoms with Gasteiger partial charge in [-0.2, -0.15) is 0 Å². The highest BCUT2D eigenvalue weighted by molar-refractivity contribution is 8.27. The Morgan fingerprint density at radius 1 is 0.469 bits per heavy atom. The maximum Gasteiger partial charge on any atom is 0.145 e. The summed E-state index contributed by atoms with van der Waals surface area (Å²) in [6.07, 6.45) is 0. The van der Waals surface area contributed by atoms with Crippen LogP contribution < -0.4 is 0 Å². The van der Waals surface area contributed by atoms with Crippen LogP contribution in [0.15, 0.2) is 86.0 Å². The smallest absolute Gasteiger partial charge is 0.105 e. The van der Waals surface area contributed by atoms with Gasteiger partial charge in [0.05, 0.1) is 25.3 Å². The second kappa shape index (κ2) is 9.49. The molecule has 0 N–H and O–H groups in total. The van der Waals surface area contributed by atoms with Crippen molar-refractivity contribution in [3.63, 3.8) is 0 Å². The lowest BCUT2D eigenvalue weighted by Crippen LogP contribution is -1.94. The predicted molar refractivity (Wildman–Crippen MR) is 156 cm³/mol. The number of fused-ring (bicyclic) bond motifs is 2. The zero-order valence-corrected chi connectivity index (χ0v) is 24.0. The molecule has 10 heteroatoms. The Bertz CT molecular complexity index is 1320. The molecule has 0 fully saturated rings. The molecule has 0 radical (unpaired) electrons. The molecule has 2 aromatic carbocycles. The molecule has 0 atom stereocenters. The van der Waals surface area contributed by atoms with Gasteiger partial charge < -0.3 is 0 Å². The standard InChI is InChI=1S/C22H10S10/c23-21-29-17-18(30-21)26-15(25-17)13(11-7-3-1-4-8-11)14(12-9-5-2-6-10-12)16-27-19-20(28-16)32-22(24)31-19/h1-10H. The quantitative estimate of drug-likeness (QED) is 0.215. The van der Waals surface area contributed by atoms with Crippen molar-refractivity contribution in [1.82, 2.24) is 0 Å². The van der Waals surface area contributed by atoms with Crippen LogP contribution >= 0.6 is 117 Å². The molecule has 4 heterocycles. The average Bonchev–Trinajstić information content (AvgIpc) is 3.52. The van der Waals surface area contributed by atoms with Crippen LogP contribution in [0.3, 0.4) is 0 Å². The van der Waals surface area contributed by atoms with E-state index in [4.69, 9.17) is 24.4 Å². The molecule has 0 spiro atoms. The Hall–Kier alpha value is -0.140. The third kappa shape index (κ3) is 4.32. The SMILES string of the molecule is S=c1sc2c(s1)SC(=C(C(=C1Sc3sc(=S)sc3S1)c1ccccc1)c1ccccc1)S2. The summed E-state index contributed by atoms with van der Waals surface area (Å²) in [7, 11) is 0. The molecule has 0 nitrogen and oxygen atoms in total. The van der Waals surface area contributed by atoms with E-state index in [0.717, 1.165) is 6.28 Å². The second-order valence-corrected chi connectivity index (χ2v) is 18.6. The molecule has 4 aromatic rings. The Balaban J connectivity index is 1.59. The highest BCUT2D eigenvalue weighted by Crippen LogP contribution is 2.63. The lowest BCUT2D eigenvalue weighted by molar-refractivity contribution is 1.56. The molecular weight excluding hydrogens is 585 g/mol. The number of thioether (sulfide) groups is 4. The summed E-state index contributed by atoms with van der Waals surface area (Å²) in [5.74, 6) is 0. The molecule has 2 aliphatic rings. The molecule has 158 valence electrons. The predicted octanol–water partition coefficient (Wildman–Crippen LogP) is 11.2. The van der Waals surface area contributed by atoms with Crippen molar-refractivity contribution in [2.24, 2.45) is 0 Å². The van der Waals surface area contributed by atoms with E-state index in [1.54, 1.807) is 45.3 Å². The van der Waals surface area contributed by atoms with Gasteiger partial charge in [-0.1, -0.05) is 132 Å². The third-order valence-electron chi connectivity index (χ3n) is 4.56. The zero-order chi connectivity index (χ0) is 21.7. The van der Waals surface area contributed by atoms with Crippen molar-refractivity contribution in [3.05, 3.63) is 86.5 Å². The van der Waals surface area contributed by atoms with Crippen molar-refractivity contribution in [2.45, 2.75) is 16.8 Å². The first kappa shape index (κ1) is 22.3. The monoisotopic (exact) mass is 594 g/mol. The van der Waals surface area contributed by atoms with Crippen LogP contribution in [0.4, 0.5) is 0 Å². The zero-order valence-electron chi connectivity index (χ0n) is 15.9. The van der Waals surface area contributed by atoms with Crippen molar-refractivity contribution in [1.29, 1.82) is 0 Å². The van der Waals surface area contributed by atoms with Crippen molar-refractivity contribution in [3.8, 4) is 0 Å². The molecule has 0 saturated carbocycles. The summed E-state index contributed by atoms with van der Waals surface area (Å²) < 4.78 is 9.99. The van der Waals surface area contributed by atoms with Crippen LogP contribution in [0, 0.1) is 6.28 Å². The van der Waals surface area contributed by atoms with Gasteiger partial charge in [-0.15, -0.1) is 45.3 Å². The molecule has 0 bridgehead atoms. The first-order valence-electron chi connectivity index (χ1n) is 9.25. The molecule has 0 saturated heterocycles. The first-order chi connectivity index (χ1) is 15.7. The van der Waals surface area contributed by atoms with E-state index in [1.165, 1.54) is 47.6 Å². The van der Waals surface area contributed by atoms with Gasteiger partial charge in [0.2, 0.25) is 0 Å². The molecule has 0 amide bonds. The average molecular weight is 595 g/mol. The van der Waals surface area contributed by atoms with E-state index < -0.39 is 0 Å². The van der Waals surface area contributed by atoms with E-state index in [9.17, 15) is 0 Å². The third-order valence-corrected chi connectivity index (χ3v) is 15.9. The van der Waals surface area contributed by atoms with Gasteiger partial charge >= 0.3 is 0 Å². The maximum absolute atomic E-state index is 5.45. The Morgan fingerprint density at radius 2 is 0.781 bits per heavy atom. The van der Waals surface area contributed by atoms with Crippen molar-refractivity contribution < 1.29 is 0 Å². The highest BCUT2D eigenvalue weighted by atomic mass is 32.3. The van der Waals surface area contributed by atoms with E-state index >= 15 is 0 Å². The van der Waals surface area contributed by atoms with Crippen LogP contribution in [0.5, 0.6) is 0 Å². The normalized spacial score (nSPS) is 14.5. The summed E-state index contributed by atoms with van der Waals surface area (Å²) >= 11 is 25.3. The number of hydrogen-bond donors (Lipinski definition) is 0. The van der Waals surface area contributed by atoms with Crippen LogP contribution in [0.2, 0.25) is 0 Å². The van der Waals surface area contributed by atoms with Gasteiger partial charge in [0, 0.05) is 11.1 Å². The fourth-order valence-corrected chi connectivity index (χ4v) is 16.7. The van der Waals surface area contributed by atoms with E-state index in [2.05, 4.69) is 60.7 Å². The second-order valence-electron chi connectivity index (χ2n) is 6.52. The maximum atomic E-state index is 5.45. The number of allylic oxidation sites excluding steroid dienone is 2. The Morgan fingerprint density at radius 3 is 1.09 bits per heavy atom. The molecule has 0 unspecified atom stereocenters. The Labute approximate surface area is 228 Å². The summed E-state index contributed by atoms with van der Waals surface area (Å²) in [6, 6.07) is 21.6. The Kier molecular flexibility index (Phi) is 6.62. The van der Waals surface area contributed by atoms with Gasteiger partial charge in [-0.05, 0) is 11.1 Å². The number of rotatable bonds is 3. The molecule has 0 aliphatic carbocycles. The molecule has 6 rings (SSSR count). The van der Waals surface area contributed by atoms with Gasteiger partial charge in [-0.25, -0.2) is 0 Å². The number of hydrogen-bond acceptors (Lipinski definition) is 10. The lowest BCUT2D eigenvalue weighted by atomic mass is 9.95. The fourth-order valence-electron chi connectivity index (χ4n) is 3.28. The van der Waals surface area contributed by atoms with Gasteiger partial charge in [-0.3, -0.25) is 0 Å². The summed E-state index contributed by atoms with van der Waals surface area (Å²) in [5.41, 5.74) is 5.11. The van der Waals surface area contributed by atoms with E-state index in [1.807, 2.05) is 47.0 Å². The largest absolute Gasteiger partial charge is 0.145 e. The highest BCUT2D eigenvalue weighted by Gasteiger charge is 2.31. The van der Waals surface area contributed by atoms with Crippen LogP contribution in [0.25, 0.3) is 11.1 Å². The van der Waals surface area contributed by atoms with Gasteiger partial charge in [0.25, 0.3) is 0 Å². The lowest BCUT2D eigenvalue weighted by Gasteiger charge is -2.18. The van der Waals surface area contributed by atoms with E-state index in [-0.39, 0.29) is 0 Å².